The Bertz CT molecular complexity index is 34.6. The first-order chi connectivity index (χ1) is 2.41. The molecule has 0 aromatic heterocycles. The second kappa shape index (κ2) is 4.46. The summed E-state index contributed by atoms with van der Waals surface area (Å²) in [6.07, 6.45) is 0. The Labute approximate surface area is 42.3 Å². The molecule has 3 heteroatoms. The van der Waals surface area contributed by atoms with Crippen LogP contribution in [0.15, 0.2) is 11.2 Å². The van der Waals surface area contributed by atoms with Gasteiger partial charge in [-0.1, -0.05) is 17.3 Å². The van der Waals surface area contributed by atoms with E-state index in [-0.39, 0.29) is 9.04 Å². The lowest BCUT2D eigenvalue weighted by Crippen LogP contribution is -1.75. The summed E-state index contributed by atoms with van der Waals surface area (Å²) >= 11 is 5.18. The Morgan fingerprint density at radius 1 is 1.80 bits per heavy atom. The quantitative estimate of drug-likeness (QED) is 0.398. The Morgan fingerprint density at radius 2 is 2.40 bits per heavy atom. The van der Waals surface area contributed by atoms with Gasteiger partial charge in [-0.25, -0.2) is 0 Å². The summed E-state index contributed by atoms with van der Waals surface area (Å²) in [5.41, 5.74) is 3.72. The molecular weight excluding hydrogens is 116 g/mol. The van der Waals surface area contributed by atoms with Crippen molar-refractivity contribution in [3.05, 3.63) is 11.2 Å². The fourth-order valence-corrected chi connectivity index (χ4v) is 2.41. The van der Waals surface area contributed by atoms with Crippen LogP contribution in [0.4, 0.5) is 0 Å². The van der Waals surface area contributed by atoms with Gasteiger partial charge in [0.25, 0.3) is 0 Å². The zero-order valence-electron chi connectivity index (χ0n) is 3.24. The van der Waals surface area contributed by atoms with Crippen LogP contribution in [0.25, 0.3) is 0 Å². The minimum Gasteiger partial charge on any atom is -0.0940 e. The molecular formula is C2H7ClSi2. The number of hydrogen-bond acceptors (Lipinski definition) is 0. The van der Waals surface area contributed by atoms with Gasteiger partial charge in [-0.05, 0) is 15.3 Å². The standard InChI is InChI=1S/C2H7ClSi2/c3-1-2-5-4/h1-2H,5H2,4H3. The highest BCUT2D eigenvalue weighted by Crippen LogP contribution is 1.70. The monoisotopic (exact) mass is 122 g/mol. The zero-order chi connectivity index (χ0) is 4.12. The third-order valence-electron chi connectivity index (χ3n) is 0.325. The minimum absolute atomic E-state index is 0.240. The van der Waals surface area contributed by atoms with E-state index in [2.05, 4.69) is 5.70 Å². The van der Waals surface area contributed by atoms with Crippen molar-refractivity contribution in [2.45, 2.75) is 0 Å². The summed E-state index contributed by atoms with van der Waals surface area (Å²) in [7, 11) is 1.61. The molecule has 0 aliphatic heterocycles. The molecule has 0 aliphatic carbocycles. The third kappa shape index (κ3) is 4.46. The lowest BCUT2D eigenvalue weighted by molar-refractivity contribution is 2.49. The highest BCUT2D eigenvalue weighted by atomic mass is 35.5. The molecule has 0 amide bonds. The van der Waals surface area contributed by atoms with Crippen LogP contribution in [-0.4, -0.2) is 18.8 Å². The first-order valence-electron chi connectivity index (χ1n) is 1.67. The van der Waals surface area contributed by atoms with E-state index in [4.69, 9.17) is 11.6 Å². The fourth-order valence-electron chi connectivity index (χ4n) is 0.0891. The van der Waals surface area contributed by atoms with Crippen LogP contribution in [0.1, 0.15) is 0 Å². The molecule has 0 radical (unpaired) electrons. The summed E-state index contributed by atoms with van der Waals surface area (Å²) < 4.78 is 0. The molecule has 0 aliphatic rings. The third-order valence-corrected chi connectivity index (χ3v) is 2.92. The molecule has 0 N–H and O–H groups in total. The summed E-state index contributed by atoms with van der Waals surface area (Å²) in [4.78, 5) is 0. The Kier molecular flexibility index (Phi) is 4.88. The maximum atomic E-state index is 5.18. The van der Waals surface area contributed by atoms with E-state index in [1.165, 1.54) is 9.76 Å². The summed E-state index contributed by atoms with van der Waals surface area (Å²) in [6.45, 7) is 0. The van der Waals surface area contributed by atoms with E-state index in [0.717, 1.165) is 0 Å². The molecule has 0 aromatic rings. The second-order valence-electron chi connectivity index (χ2n) is 0.770. The van der Waals surface area contributed by atoms with Crippen LogP contribution in [-0.2, 0) is 0 Å². The van der Waals surface area contributed by atoms with Crippen molar-refractivity contribution in [3.8, 4) is 0 Å². The van der Waals surface area contributed by atoms with Gasteiger partial charge in [0.15, 0.2) is 0 Å². The topological polar surface area (TPSA) is 0 Å². The van der Waals surface area contributed by atoms with Gasteiger partial charge < -0.3 is 0 Å². The van der Waals surface area contributed by atoms with Gasteiger partial charge in [0.05, 0.1) is 0 Å². The maximum absolute atomic E-state index is 5.18. The van der Waals surface area contributed by atoms with Crippen molar-refractivity contribution in [2.75, 3.05) is 0 Å². The van der Waals surface area contributed by atoms with Gasteiger partial charge in [0.2, 0.25) is 0 Å². The van der Waals surface area contributed by atoms with Crippen molar-refractivity contribution in [1.29, 1.82) is 0 Å². The van der Waals surface area contributed by atoms with Crippen LogP contribution in [0.2, 0.25) is 0 Å². The van der Waals surface area contributed by atoms with E-state index >= 15 is 0 Å². The molecule has 0 saturated heterocycles. The molecule has 0 saturated carbocycles. The van der Waals surface area contributed by atoms with Crippen molar-refractivity contribution >= 4 is 30.4 Å². The van der Waals surface area contributed by atoms with Crippen LogP contribution >= 0.6 is 11.6 Å². The predicted molar refractivity (Wildman–Crippen MR) is 33.5 cm³/mol. The lowest BCUT2D eigenvalue weighted by atomic mass is 11.3. The smallest absolute Gasteiger partial charge is 0.0304 e. The van der Waals surface area contributed by atoms with Gasteiger partial charge in [-0.3, -0.25) is 0 Å². The van der Waals surface area contributed by atoms with Gasteiger partial charge in [-0.2, -0.15) is 0 Å². The molecule has 30 valence electrons. The van der Waals surface area contributed by atoms with Crippen molar-refractivity contribution in [2.24, 2.45) is 0 Å². The van der Waals surface area contributed by atoms with Crippen molar-refractivity contribution in [3.63, 3.8) is 0 Å². The molecule has 0 atom stereocenters. The molecule has 0 fully saturated rings. The van der Waals surface area contributed by atoms with E-state index in [1.807, 2.05) is 0 Å². The molecule has 0 bridgehead atoms. The lowest BCUT2D eigenvalue weighted by Gasteiger charge is -1.61. The number of halogens is 1. The van der Waals surface area contributed by atoms with Crippen molar-refractivity contribution in [1.82, 2.24) is 0 Å². The van der Waals surface area contributed by atoms with E-state index in [0.29, 0.717) is 0 Å². The fraction of sp³-hybridized carbons (Fsp3) is 0. The number of hydrogen-bond donors (Lipinski definition) is 0. The molecule has 0 aromatic carbocycles. The van der Waals surface area contributed by atoms with E-state index in [1.54, 1.807) is 5.54 Å². The summed E-state index contributed by atoms with van der Waals surface area (Å²) in [6, 6.07) is 0. The Morgan fingerprint density at radius 3 is 2.40 bits per heavy atom. The maximum Gasteiger partial charge on any atom is 0.0304 e. The molecule has 0 unspecified atom stereocenters. The normalized spacial score (nSPS) is 13.0. The van der Waals surface area contributed by atoms with E-state index < -0.39 is 0 Å². The average molecular weight is 123 g/mol. The molecule has 0 nitrogen and oxygen atoms in total. The van der Waals surface area contributed by atoms with Gasteiger partial charge in [-0.15, -0.1) is 0 Å². The van der Waals surface area contributed by atoms with Crippen molar-refractivity contribution < 1.29 is 0 Å². The Hall–Kier alpha value is 0.464. The zero-order valence-corrected chi connectivity index (χ0v) is 7.41. The largest absolute Gasteiger partial charge is 0.0940 e. The molecule has 5 heavy (non-hydrogen) atoms. The highest BCUT2D eigenvalue weighted by molar-refractivity contribution is 6.92. The Balaban J connectivity index is 2.62. The van der Waals surface area contributed by atoms with Gasteiger partial charge in [0.1, 0.15) is 0 Å². The molecule has 0 spiro atoms. The first kappa shape index (κ1) is 5.46. The van der Waals surface area contributed by atoms with E-state index in [9.17, 15) is 0 Å². The minimum atomic E-state index is 0.240. The highest BCUT2D eigenvalue weighted by Gasteiger charge is 1.56. The first-order valence-corrected chi connectivity index (χ1v) is 8.58. The average Bonchev–Trinajstić information content (AvgIpc) is 1.41. The summed E-state index contributed by atoms with van der Waals surface area (Å²) in [5.74, 6) is 0. The van der Waals surface area contributed by atoms with Crippen LogP contribution in [0.5, 0.6) is 0 Å². The summed E-state index contributed by atoms with van der Waals surface area (Å²) in [5, 5.41) is 0. The second-order valence-corrected chi connectivity index (χ2v) is 4.76. The number of rotatable bonds is 1. The van der Waals surface area contributed by atoms with Crippen LogP contribution in [0, 0.1) is 0 Å². The molecule has 0 heterocycles. The van der Waals surface area contributed by atoms with Gasteiger partial charge in [0, 0.05) is 9.04 Å². The SMILES string of the molecule is [SiH3][SiH2]C=CCl. The van der Waals surface area contributed by atoms with Crippen LogP contribution < -0.4 is 0 Å². The predicted octanol–water partition coefficient (Wildman–Crippen LogP) is -0.854. The van der Waals surface area contributed by atoms with Crippen LogP contribution in [0.3, 0.4) is 0 Å². The van der Waals surface area contributed by atoms with Gasteiger partial charge >= 0.3 is 0 Å². The molecule has 0 rings (SSSR count).